The second-order valence-corrected chi connectivity index (χ2v) is 9.49. The number of nitrogens with two attached hydrogens (primary N) is 1. The van der Waals surface area contributed by atoms with Crippen molar-refractivity contribution in [1.29, 1.82) is 5.26 Å². The largest absolute Gasteiger partial charge is 0.389 e. The molecule has 0 aliphatic carbocycles. The van der Waals surface area contributed by atoms with Gasteiger partial charge in [-0.25, -0.2) is 18.7 Å². The minimum atomic E-state index is -2.85. The average Bonchev–Trinajstić information content (AvgIpc) is 3.62. The van der Waals surface area contributed by atoms with Crippen molar-refractivity contribution in [2.75, 3.05) is 37.7 Å². The molecule has 1 aromatic carbocycles. The second kappa shape index (κ2) is 8.05. The molecule has 1 saturated heterocycles. The van der Waals surface area contributed by atoms with E-state index in [4.69, 9.17) is 18.7 Å². The van der Waals surface area contributed by atoms with Crippen molar-refractivity contribution >= 4 is 43.3 Å². The highest BCUT2D eigenvalue weighted by Gasteiger charge is 2.31. The lowest BCUT2D eigenvalue weighted by Gasteiger charge is -2.21. The van der Waals surface area contributed by atoms with Crippen LogP contribution in [0.15, 0.2) is 12.4 Å². The van der Waals surface area contributed by atoms with E-state index in [1.807, 2.05) is 6.07 Å². The number of nitriles is 1. The molecule has 8 nitrogen and oxygen atoms in total. The first-order valence-electron chi connectivity index (χ1n) is 13.7. The maximum Gasteiger partial charge on any atom is 0.226 e. The van der Waals surface area contributed by atoms with Crippen LogP contribution in [0, 0.1) is 23.0 Å². The Hall–Kier alpha value is -3.46. The maximum absolute atomic E-state index is 16.5. The van der Waals surface area contributed by atoms with Crippen LogP contribution in [0.3, 0.4) is 0 Å². The van der Waals surface area contributed by atoms with Crippen LogP contribution >= 0.6 is 11.3 Å². The summed E-state index contributed by atoms with van der Waals surface area (Å²) in [5.41, 5.74) is 7.07. The van der Waals surface area contributed by atoms with E-state index in [-0.39, 0.29) is 76.1 Å². The normalized spacial score (nSPS) is 20.9. The first-order chi connectivity index (χ1) is 19.3. The zero-order chi connectivity index (χ0) is 29.4. The Morgan fingerprint density at radius 2 is 2.11 bits per heavy atom. The number of hydrogen-bond acceptors (Lipinski definition) is 9. The molecule has 5 heterocycles. The third kappa shape index (κ3) is 3.25. The Kier molecular flexibility index (Phi) is 3.74. The molecule has 35 heavy (non-hydrogen) atoms. The molecule has 2 aliphatic rings. The fraction of sp³-hybridized carbons (Fsp3) is 0.333. The summed E-state index contributed by atoms with van der Waals surface area (Å²) in [5, 5.41) is 10.3. The van der Waals surface area contributed by atoms with Crippen LogP contribution in [-0.2, 0) is 18.0 Å². The highest BCUT2D eigenvalue weighted by molar-refractivity contribution is 7.23. The lowest BCUT2D eigenvalue weighted by molar-refractivity contribution is 0.135. The first-order valence-corrected chi connectivity index (χ1v) is 11.5. The smallest absolute Gasteiger partial charge is 0.226 e. The molecule has 3 aromatic heterocycles. The van der Waals surface area contributed by atoms with Crippen LogP contribution in [0.2, 0.25) is 0 Å². The summed E-state index contributed by atoms with van der Waals surface area (Å²) in [4.78, 5) is 15.2. The molecule has 11 heteroatoms. The van der Waals surface area contributed by atoms with Gasteiger partial charge in [0.1, 0.15) is 16.6 Å². The topological polar surface area (TPSA) is 104 Å². The Balaban J connectivity index is 1.49. The molecular formula is C24H21F2N7OS. The number of nitrogen functional groups attached to an aromatic ring is 1. The van der Waals surface area contributed by atoms with Gasteiger partial charge in [-0.15, -0.1) is 11.3 Å². The van der Waals surface area contributed by atoms with Gasteiger partial charge in [-0.1, -0.05) is 0 Å². The van der Waals surface area contributed by atoms with E-state index >= 15 is 4.39 Å². The maximum atomic E-state index is 16.5. The van der Waals surface area contributed by atoms with Crippen molar-refractivity contribution in [1.82, 2.24) is 19.9 Å². The predicted molar refractivity (Wildman–Crippen MR) is 130 cm³/mol. The molecule has 1 atom stereocenters. The Morgan fingerprint density at radius 3 is 2.91 bits per heavy atom. The van der Waals surface area contributed by atoms with E-state index in [1.165, 1.54) is 6.20 Å². The summed E-state index contributed by atoms with van der Waals surface area (Å²) in [6.07, 6.45) is 2.63. The quantitative estimate of drug-likeness (QED) is 0.454. The van der Waals surface area contributed by atoms with Crippen LogP contribution in [0.4, 0.5) is 19.7 Å². The van der Waals surface area contributed by atoms with Gasteiger partial charge in [-0.05, 0) is 31.5 Å². The van der Waals surface area contributed by atoms with E-state index in [1.54, 1.807) is 4.90 Å². The van der Waals surface area contributed by atoms with Gasteiger partial charge >= 0.3 is 0 Å². The standard InChI is InChI=1S/C24H21F2N7OS/c1-32(2)11-3-4-33(8-11)24-30-6-13-14-9-34-10-15(14)17(19(26)20(13)31-24)21-18-12(5-27)23(28)35-22(18)16(25)7-29-21/h6-7,11H,3-4,8-10,28H2,1-2H3/t11-/m0/s1/i1D3,2D3. The number of halogens is 2. The first kappa shape index (κ1) is 16.3. The van der Waals surface area contributed by atoms with Gasteiger partial charge in [0.05, 0.1) is 35.4 Å². The molecule has 0 saturated carbocycles. The highest BCUT2D eigenvalue weighted by Crippen LogP contribution is 2.45. The summed E-state index contributed by atoms with van der Waals surface area (Å²) in [7, 11) is 0. The Morgan fingerprint density at radius 1 is 1.29 bits per heavy atom. The van der Waals surface area contributed by atoms with Crippen LogP contribution in [0.25, 0.3) is 32.2 Å². The van der Waals surface area contributed by atoms with E-state index in [0.717, 1.165) is 17.5 Å². The predicted octanol–water partition coefficient (Wildman–Crippen LogP) is 3.81. The van der Waals surface area contributed by atoms with E-state index in [9.17, 15) is 9.65 Å². The van der Waals surface area contributed by atoms with Crippen molar-refractivity contribution in [2.45, 2.75) is 25.7 Å². The van der Waals surface area contributed by atoms with Gasteiger partial charge in [0.25, 0.3) is 0 Å². The second-order valence-electron chi connectivity index (χ2n) is 8.44. The summed E-state index contributed by atoms with van der Waals surface area (Å²) >= 11 is 0.877. The number of ether oxygens (including phenoxy) is 1. The Bertz CT molecular complexity index is 1760. The van der Waals surface area contributed by atoms with Crippen LogP contribution in [0.1, 0.15) is 31.3 Å². The number of thiophene rings is 1. The van der Waals surface area contributed by atoms with Crippen molar-refractivity contribution in [3.05, 3.63) is 40.7 Å². The van der Waals surface area contributed by atoms with Crippen LogP contribution in [-0.4, -0.2) is 52.9 Å². The molecule has 0 spiro atoms. The van der Waals surface area contributed by atoms with Gasteiger partial charge in [0, 0.05) is 49.9 Å². The van der Waals surface area contributed by atoms with E-state index in [0.29, 0.717) is 21.4 Å². The molecule has 2 N–H and O–H groups in total. The van der Waals surface area contributed by atoms with Gasteiger partial charge in [0.2, 0.25) is 5.95 Å². The number of rotatable bonds is 3. The fourth-order valence-electron chi connectivity index (χ4n) is 4.83. The number of hydrogen-bond donors (Lipinski definition) is 1. The van der Waals surface area contributed by atoms with Crippen molar-refractivity contribution < 1.29 is 21.7 Å². The third-order valence-corrected chi connectivity index (χ3v) is 7.57. The SMILES string of the molecule is [2H]C([2H])([2H])N([C@H]1CCN(c2ncc3c4c(c(-c5ncc(F)c6sc(N)c(C#N)c56)c(F)c3n2)COC4)C1)C([2H])([2H])[2H]. The van der Waals surface area contributed by atoms with Gasteiger partial charge in [-0.3, -0.25) is 4.98 Å². The van der Waals surface area contributed by atoms with Gasteiger partial charge < -0.3 is 20.3 Å². The lowest BCUT2D eigenvalue weighted by atomic mass is 9.94. The molecule has 0 bridgehead atoms. The number of pyridine rings is 1. The fourth-order valence-corrected chi connectivity index (χ4v) is 5.75. The number of fused-ring (bicyclic) bond motifs is 4. The summed E-state index contributed by atoms with van der Waals surface area (Å²) in [6, 6.07) is 1.13. The number of aromatic nitrogens is 3. The Labute approximate surface area is 212 Å². The zero-order valence-corrected chi connectivity index (χ0v) is 18.9. The number of benzene rings is 1. The summed E-state index contributed by atoms with van der Waals surface area (Å²) < 4.78 is 83.2. The molecule has 1 fully saturated rings. The van der Waals surface area contributed by atoms with Gasteiger partial charge in [0.15, 0.2) is 11.6 Å². The van der Waals surface area contributed by atoms with E-state index < -0.39 is 31.6 Å². The molecule has 178 valence electrons. The minimum absolute atomic E-state index is 0.00119. The number of likely N-dealkylation sites (N-methyl/N-ethyl adjacent to an activating group) is 1. The molecule has 0 unspecified atom stereocenters. The van der Waals surface area contributed by atoms with Crippen LogP contribution in [0.5, 0.6) is 0 Å². The third-order valence-electron chi connectivity index (χ3n) is 6.54. The number of anilines is 2. The molecule has 2 aliphatic heterocycles. The number of nitrogens with zero attached hydrogens (tertiary/aromatic N) is 6. The molecule has 6 rings (SSSR count). The summed E-state index contributed by atoms with van der Waals surface area (Å²) in [5.74, 6) is -1.37. The minimum Gasteiger partial charge on any atom is -0.389 e. The molecule has 0 amide bonds. The van der Waals surface area contributed by atoms with Crippen molar-refractivity contribution in [2.24, 2.45) is 0 Å². The lowest BCUT2D eigenvalue weighted by Crippen LogP contribution is -2.32. The molecular weight excluding hydrogens is 472 g/mol. The van der Waals surface area contributed by atoms with Crippen molar-refractivity contribution in [3.8, 4) is 17.3 Å². The summed E-state index contributed by atoms with van der Waals surface area (Å²) in [6.45, 7) is -5.25. The zero-order valence-electron chi connectivity index (χ0n) is 24.1. The van der Waals surface area contributed by atoms with Crippen molar-refractivity contribution in [3.63, 3.8) is 0 Å². The highest BCUT2D eigenvalue weighted by atomic mass is 32.1. The molecule has 0 radical (unpaired) electrons. The molecule has 4 aromatic rings. The monoisotopic (exact) mass is 499 g/mol. The average molecular weight is 500 g/mol. The van der Waals surface area contributed by atoms with Gasteiger partial charge in [-0.2, -0.15) is 5.26 Å². The van der Waals surface area contributed by atoms with E-state index in [2.05, 4.69) is 15.0 Å². The van der Waals surface area contributed by atoms with Crippen LogP contribution < -0.4 is 10.6 Å².